The number of rotatable bonds is 28. The number of hydrogen-bond acceptors (Lipinski definition) is 0. The van der Waals surface area contributed by atoms with Gasteiger partial charge in [0.2, 0.25) is 22.8 Å². The normalized spacial score (nSPS) is 14.6. The molecule has 2 aromatic heterocycles. The molecule has 0 radical (unpaired) electrons. The van der Waals surface area contributed by atoms with Crippen molar-refractivity contribution in [1.29, 1.82) is 0 Å². The predicted molar refractivity (Wildman–Crippen MR) is 482 cm³/mol. The molecule has 113 heavy (non-hydrogen) atoms. The van der Waals surface area contributed by atoms with Crippen molar-refractivity contribution in [1.82, 2.24) is 9.13 Å². The van der Waals surface area contributed by atoms with Crippen LogP contribution in [0.25, 0.3) is 22.3 Å². The summed E-state index contributed by atoms with van der Waals surface area (Å²) in [6.45, 7) is 0. The highest BCUT2D eigenvalue weighted by molar-refractivity contribution is 7.74. The monoisotopic (exact) mass is 1530 g/mol. The molecule has 0 N–H and O–H groups in total. The van der Waals surface area contributed by atoms with Gasteiger partial charge in [0.15, 0.2) is 0 Å². The summed E-state index contributed by atoms with van der Waals surface area (Å²) in [6, 6.07) is 138. The molecule has 6 aliphatic heterocycles. The Hall–Kier alpha value is -11.0. The van der Waals surface area contributed by atoms with Crippen molar-refractivity contribution >= 4 is 108 Å². The van der Waals surface area contributed by atoms with E-state index in [0.29, 0.717) is 0 Å². The molecular formula is C105H88N4P4+2. The third kappa shape index (κ3) is 12.9. The van der Waals surface area contributed by atoms with Crippen LogP contribution in [-0.4, -0.2) is 54.4 Å². The third-order valence-corrected chi connectivity index (χ3v) is 34.2. The second-order valence-electron chi connectivity index (χ2n) is 30.2. The number of hydrogen-bond donors (Lipinski definition) is 0. The number of benzene rings is 12. The zero-order valence-corrected chi connectivity index (χ0v) is 67.1. The average Bonchev–Trinajstić information content (AvgIpc) is 1.50. The SMILES string of the molecule is C1=CC2=[N+]3C1=C(c1ccccc1CCCP(c1ccccc1)c1ccccc1)c1ccc4n1C31n3c(ccc3=C(c3ccccc3CCCP(c3ccccc3)c3ccccc3)C3=[N+]1C(=C4c1ccccc1CCCP(c1ccccc1)c1ccccc1)C=C3)=C2c1ccccc1CCCP(c1ccccc1)c1ccccc1. The number of allylic oxidation sites excluding steroid dienone is 4. The molecule has 0 fully saturated rings. The number of nitrogens with zero attached hydrogens (tertiary/aromatic N) is 4. The van der Waals surface area contributed by atoms with E-state index in [0.717, 1.165) is 76.0 Å². The van der Waals surface area contributed by atoms with Crippen LogP contribution < -0.4 is 53.1 Å². The fraction of sp³-hybridized carbons (Fsp3) is 0.124. The first-order valence-corrected chi connectivity index (χ1v) is 46.5. The number of aromatic nitrogens is 2. The minimum atomic E-state index is -0.969. The van der Waals surface area contributed by atoms with Gasteiger partial charge in [0.1, 0.15) is 0 Å². The Balaban J connectivity index is 0.789. The lowest BCUT2D eigenvalue weighted by atomic mass is 9.88. The zero-order valence-electron chi connectivity index (χ0n) is 63.5. The molecular weight excluding hydrogens is 1440 g/mol. The fourth-order valence-corrected chi connectivity index (χ4v) is 28.4. The lowest BCUT2D eigenvalue weighted by molar-refractivity contribution is -0.834. The second kappa shape index (κ2) is 31.5. The Morgan fingerprint density at radius 3 is 0.708 bits per heavy atom. The van der Waals surface area contributed by atoms with Crippen molar-refractivity contribution in [3.8, 4) is 0 Å². The first kappa shape index (κ1) is 71.0. The molecule has 12 aromatic carbocycles. The molecule has 546 valence electrons. The summed E-state index contributed by atoms with van der Waals surface area (Å²) >= 11 is 0. The maximum atomic E-state index is 2.84. The topological polar surface area (TPSA) is 15.9 Å². The molecule has 6 aliphatic rings. The maximum absolute atomic E-state index is 2.84. The van der Waals surface area contributed by atoms with Crippen LogP contribution in [0.3, 0.4) is 0 Å². The van der Waals surface area contributed by atoms with Crippen molar-refractivity contribution in [3.63, 3.8) is 0 Å². The molecule has 0 unspecified atom stereocenters. The van der Waals surface area contributed by atoms with E-state index in [-0.39, 0.29) is 0 Å². The lowest BCUT2D eigenvalue weighted by Crippen LogP contribution is -2.71. The quantitative estimate of drug-likeness (QED) is 0.0343. The van der Waals surface area contributed by atoms with Gasteiger partial charge in [-0.2, -0.15) is 9.13 Å². The van der Waals surface area contributed by atoms with Gasteiger partial charge < -0.3 is 0 Å². The Morgan fingerprint density at radius 1 is 0.221 bits per heavy atom. The van der Waals surface area contributed by atoms with Crippen LogP contribution in [-0.2, 0) is 31.6 Å². The summed E-state index contributed by atoms with van der Waals surface area (Å²) in [5.41, 5.74) is 23.3. The van der Waals surface area contributed by atoms with Gasteiger partial charge in [0.25, 0.3) is 0 Å². The van der Waals surface area contributed by atoms with Crippen molar-refractivity contribution in [2.24, 2.45) is 0 Å². The molecule has 0 amide bonds. The van der Waals surface area contributed by atoms with Gasteiger partial charge in [0, 0.05) is 24.3 Å². The highest BCUT2D eigenvalue weighted by Gasteiger charge is 2.73. The van der Waals surface area contributed by atoms with E-state index in [1.807, 2.05) is 0 Å². The first-order valence-electron chi connectivity index (χ1n) is 40.4. The van der Waals surface area contributed by atoms with Crippen molar-refractivity contribution in [3.05, 3.63) is 466 Å². The van der Waals surface area contributed by atoms with Crippen LogP contribution in [0.1, 0.15) is 81.6 Å². The molecule has 0 aliphatic carbocycles. The molecule has 0 bridgehead atoms. The van der Waals surface area contributed by atoms with Crippen molar-refractivity contribution < 1.29 is 9.15 Å². The second-order valence-corrected chi connectivity index (χ2v) is 39.5. The smallest absolute Gasteiger partial charge is 0.198 e. The van der Waals surface area contributed by atoms with E-state index >= 15 is 0 Å². The predicted octanol–water partition coefficient (Wildman–Crippen LogP) is 18.7. The van der Waals surface area contributed by atoms with Gasteiger partial charge in [-0.05, 0) is 219 Å². The van der Waals surface area contributed by atoms with Gasteiger partial charge in [-0.15, -0.1) is 0 Å². The van der Waals surface area contributed by atoms with E-state index < -0.39 is 37.6 Å². The molecule has 20 rings (SSSR count). The summed E-state index contributed by atoms with van der Waals surface area (Å²) in [5, 5.41) is 13.9. The lowest BCUT2D eigenvalue weighted by Gasteiger charge is -2.41. The van der Waals surface area contributed by atoms with Crippen LogP contribution >= 0.6 is 31.7 Å². The summed E-state index contributed by atoms with van der Waals surface area (Å²) in [6.07, 6.45) is 22.4. The Bertz CT molecular complexity index is 5710. The van der Waals surface area contributed by atoms with Gasteiger partial charge in [-0.3, -0.25) is 0 Å². The fourth-order valence-electron chi connectivity index (χ4n) is 19.0. The minimum absolute atomic E-state index is 0.580. The van der Waals surface area contributed by atoms with Crippen molar-refractivity contribution in [2.75, 3.05) is 24.6 Å². The summed E-state index contributed by atoms with van der Waals surface area (Å²) < 4.78 is 11.4. The van der Waals surface area contributed by atoms with Crippen LogP contribution in [0.2, 0.25) is 0 Å². The Labute approximate surface area is 669 Å². The van der Waals surface area contributed by atoms with Crippen LogP contribution in [0.4, 0.5) is 0 Å². The molecule has 8 heteroatoms. The van der Waals surface area contributed by atoms with E-state index in [9.17, 15) is 0 Å². The van der Waals surface area contributed by atoms with Crippen LogP contribution in [0.15, 0.2) is 400 Å². The molecule has 14 aromatic rings. The summed E-state index contributed by atoms with van der Waals surface area (Å²) in [7, 11) is -2.32. The average molecular weight is 1530 g/mol. The van der Waals surface area contributed by atoms with Crippen molar-refractivity contribution in [2.45, 2.75) is 57.3 Å². The Kier molecular flexibility index (Phi) is 19.8. The van der Waals surface area contributed by atoms with E-state index in [1.54, 1.807) is 0 Å². The van der Waals surface area contributed by atoms with Crippen LogP contribution in [0.5, 0.6) is 0 Å². The highest BCUT2D eigenvalue weighted by atomic mass is 31.1. The maximum Gasteiger partial charge on any atom is 0.553 e. The standard InChI is InChI=1S/C105H88N4P4/c1-9-45-81(46-10-1)110(82-47-11-2-12-48-82)73-33-41-77-37-25-29-61-89(77)101-93-65-67-95-102(90-62-30-26-38-78(90)42-34-74-111(83-49-13-3-14-50-83)84-51-15-4-16-52-84)97-69-71-99-104(92-64-32-28-40-80(92)44-36-76-113(87-57-21-7-22-58-87)88-59-23-8-24-60-88)100-72-70-98-103(96-68-66-94(101)107(96)105(106(93)95,108(97)99)109(98)100)91-63-31-27-39-79(91)43-35-75-112(85-53-17-5-18-54-85)86-55-19-6-20-56-86/h1-32,37-40,45-72H,33-36,41-44,73-76H2/q+2. The highest BCUT2D eigenvalue weighted by Crippen LogP contribution is 2.55. The summed E-state index contributed by atoms with van der Waals surface area (Å²) in [5.74, 6) is -0.969. The Morgan fingerprint density at radius 2 is 0.451 bits per heavy atom. The van der Waals surface area contributed by atoms with Gasteiger partial charge in [-0.25, -0.2) is 0 Å². The molecule has 0 saturated heterocycles. The van der Waals surface area contributed by atoms with Gasteiger partial charge >= 0.3 is 5.91 Å². The van der Waals surface area contributed by atoms with Gasteiger partial charge in [0.05, 0.1) is 44.4 Å². The van der Waals surface area contributed by atoms with E-state index in [1.165, 1.54) is 154 Å². The third-order valence-electron chi connectivity index (χ3n) is 23.8. The molecule has 0 saturated carbocycles. The molecule has 8 heterocycles. The molecule has 4 nitrogen and oxygen atoms in total. The summed E-state index contributed by atoms with van der Waals surface area (Å²) in [4.78, 5) is 0. The first-order chi connectivity index (χ1) is 56.2. The largest absolute Gasteiger partial charge is 0.553 e. The van der Waals surface area contributed by atoms with E-state index in [2.05, 4.69) is 407 Å². The zero-order chi connectivity index (χ0) is 75.0. The molecule has 1 spiro atoms. The van der Waals surface area contributed by atoms with E-state index in [4.69, 9.17) is 0 Å². The minimum Gasteiger partial charge on any atom is -0.198 e. The van der Waals surface area contributed by atoms with Crippen LogP contribution in [0, 0.1) is 0 Å². The number of aryl methyl sites for hydroxylation is 4. The van der Waals surface area contributed by atoms with Gasteiger partial charge in [-0.1, -0.05) is 349 Å². The molecule has 0 atom stereocenters.